The van der Waals surface area contributed by atoms with Gasteiger partial charge in [-0.15, -0.1) is 0 Å². The zero-order valence-corrected chi connectivity index (χ0v) is 15.8. The molecule has 142 valence electrons. The summed E-state index contributed by atoms with van der Waals surface area (Å²) >= 11 is 0. The Morgan fingerprint density at radius 1 is 1.30 bits per heavy atom. The molecule has 0 spiro atoms. The van der Waals surface area contributed by atoms with Crippen LogP contribution in [0.4, 0.5) is 5.82 Å². The summed E-state index contributed by atoms with van der Waals surface area (Å²) in [6.45, 7) is 7.62. The number of carboxylic acids is 1. The van der Waals surface area contributed by atoms with Crippen molar-refractivity contribution in [3.63, 3.8) is 0 Å². The lowest BCUT2D eigenvalue weighted by molar-refractivity contribution is -0.131. The van der Waals surface area contributed by atoms with Crippen LogP contribution in [-0.4, -0.2) is 51.6 Å². The molecule has 2 heterocycles. The van der Waals surface area contributed by atoms with Gasteiger partial charge in [-0.05, 0) is 18.1 Å². The molecule has 1 aliphatic heterocycles. The maximum atomic E-state index is 10.5. The van der Waals surface area contributed by atoms with Crippen LogP contribution in [0.1, 0.15) is 31.5 Å². The van der Waals surface area contributed by atoms with Gasteiger partial charge < -0.3 is 15.3 Å². The second kappa shape index (κ2) is 8.31. The number of rotatable bonds is 7. The van der Waals surface area contributed by atoms with E-state index in [9.17, 15) is 4.79 Å². The Morgan fingerprint density at radius 3 is 2.74 bits per heavy atom. The molecule has 0 radical (unpaired) electrons. The quantitative estimate of drug-likeness (QED) is 0.734. The average molecular weight is 366 g/mol. The number of likely N-dealkylation sites (tertiary alicyclic amines) is 1. The molecule has 6 nitrogen and oxygen atoms in total. The van der Waals surface area contributed by atoms with Gasteiger partial charge in [0.25, 0.3) is 0 Å². The van der Waals surface area contributed by atoms with Gasteiger partial charge in [-0.3, -0.25) is 4.98 Å². The first-order chi connectivity index (χ1) is 12.9. The monoisotopic (exact) mass is 366 g/mol. The van der Waals surface area contributed by atoms with E-state index in [1.165, 1.54) is 11.6 Å². The van der Waals surface area contributed by atoms with Gasteiger partial charge >= 0.3 is 5.97 Å². The number of aromatic nitrogens is 2. The molecule has 0 saturated carbocycles. The number of carboxylic acid groups (broad SMARTS) is 1. The van der Waals surface area contributed by atoms with Gasteiger partial charge in [0.1, 0.15) is 5.82 Å². The third-order valence-corrected chi connectivity index (χ3v) is 4.87. The minimum atomic E-state index is -0.997. The zero-order valence-electron chi connectivity index (χ0n) is 15.8. The number of carbonyl (C=O) groups is 1. The van der Waals surface area contributed by atoms with Gasteiger partial charge in [0.05, 0.1) is 18.1 Å². The van der Waals surface area contributed by atoms with Crippen LogP contribution < -0.4 is 5.32 Å². The number of hydrogen-bond donors (Lipinski definition) is 2. The topological polar surface area (TPSA) is 78.4 Å². The van der Waals surface area contributed by atoms with Gasteiger partial charge in [0.2, 0.25) is 0 Å². The van der Waals surface area contributed by atoms with Crippen LogP contribution >= 0.6 is 0 Å². The first-order valence-electron chi connectivity index (χ1n) is 9.20. The molecule has 0 amide bonds. The van der Waals surface area contributed by atoms with Crippen molar-refractivity contribution in [2.45, 2.75) is 31.7 Å². The Labute approximate surface area is 160 Å². The Hall–Kier alpha value is -2.73. The Morgan fingerprint density at radius 2 is 2.07 bits per heavy atom. The number of aliphatic carboxylic acids is 1. The van der Waals surface area contributed by atoms with Gasteiger partial charge in [0.15, 0.2) is 0 Å². The highest BCUT2D eigenvalue weighted by Crippen LogP contribution is 2.26. The molecule has 6 heteroatoms. The largest absolute Gasteiger partial charge is 0.478 e. The lowest BCUT2D eigenvalue weighted by Crippen LogP contribution is -2.37. The predicted octanol–water partition coefficient (Wildman–Crippen LogP) is 3.04. The van der Waals surface area contributed by atoms with E-state index in [-0.39, 0.29) is 5.41 Å². The lowest BCUT2D eigenvalue weighted by Gasteiger charge is -2.31. The molecule has 1 fully saturated rings. The summed E-state index contributed by atoms with van der Waals surface area (Å²) in [7, 11) is 0. The minimum absolute atomic E-state index is 0.105. The van der Waals surface area contributed by atoms with Crippen LogP contribution in [0.3, 0.4) is 0 Å². The highest BCUT2D eigenvalue weighted by atomic mass is 16.4. The summed E-state index contributed by atoms with van der Waals surface area (Å²) in [6.07, 6.45) is 6.78. The highest BCUT2D eigenvalue weighted by Gasteiger charge is 2.29. The van der Waals surface area contributed by atoms with Crippen molar-refractivity contribution in [3.05, 3.63) is 60.1 Å². The summed E-state index contributed by atoms with van der Waals surface area (Å²) < 4.78 is 0. The van der Waals surface area contributed by atoms with Crippen LogP contribution in [0.15, 0.2) is 48.8 Å². The summed E-state index contributed by atoms with van der Waals surface area (Å²) in [5.41, 5.74) is 1.99. The molecule has 0 bridgehead atoms. The molecular formula is C21H26N4O2. The first kappa shape index (κ1) is 19.0. The van der Waals surface area contributed by atoms with Crippen molar-refractivity contribution in [2.75, 3.05) is 25.0 Å². The maximum absolute atomic E-state index is 10.5. The van der Waals surface area contributed by atoms with E-state index in [0.29, 0.717) is 11.7 Å². The molecule has 1 atom stereocenters. The minimum Gasteiger partial charge on any atom is -0.478 e. The fourth-order valence-corrected chi connectivity index (χ4v) is 3.50. The van der Waals surface area contributed by atoms with Crippen molar-refractivity contribution in [1.29, 1.82) is 0 Å². The standard InChI is InChI=1S/C21H26N4O2/c1-21(2,16-6-4-3-5-7-16)15-25-11-10-18(14-25)24-19-13-22-17(12-23-19)8-9-20(26)27/h3-9,12-13,18H,10-11,14-15H2,1-2H3,(H,23,24)(H,26,27)/t18-/m1/s1. The van der Waals surface area contributed by atoms with Crippen LogP contribution in [0.25, 0.3) is 6.08 Å². The molecule has 1 aliphatic rings. The smallest absolute Gasteiger partial charge is 0.328 e. The van der Waals surface area contributed by atoms with Crippen molar-refractivity contribution >= 4 is 17.9 Å². The highest BCUT2D eigenvalue weighted by molar-refractivity contribution is 5.84. The lowest BCUT2D eigenvalue weighted by atomic mass is 9.84. The number of nitrogens with one attached hydrogen (secondary N) is 1. The number of nitrogens with zero attached hydrogens (tertiary/aromatic N) is 3. The van der Waals surface area contributed by atoms with E-state index in [4.69, 9.17) is 5.11 Å². The summed E-state index contributed by atoms with van der Waals surface area (Å²) in [4.78, 5) is 21.6. The van der Waals surface area contributed by atoms with Crippen molar-refractivity contribution in [1.82, 2.24) is 14.9 Å². The van der Waals surface area contributed by atoms with E-state index in [2.05, 4.69) is 64.4 Å². The van der Waals surface area contributed by atoms with Crippen molar-refractivity contribution < 1.29 is 9.90 Å². The van der Waals surface area contributed by atoms with Crippen LogP contribution in [0.5, 0.6) is 0 Å². The SMILES string of the molecule is CC(C)(CN1CC[C@@H](Nc2cnc(C=CC(=O)O)cn2)C1)c1ccccc1. The van der Waals surface area contributed by atoms with Crippen LogP contribution in [0.2, 0.25) is 0 Å². The predicted molar refractivity (Wildman–Crippen MR) is 107 cm³/mol. The molecule has 1 aromatic carbocycles. The second-order valence-electron chi connectivity index (χ2n) is 7.61. The van der Waals surface area contributed by atoms with Gasteiger partial charge in [-0.1, -0.05) is 44.2 Å². The molecular weight excluding hydrogens is 340 g/mol. The van der Waals surface area contributed by atoms with E-state index in [1.807, 2.05) is 0 Å². The molecule has 0 aliphatic carbocycles. The third-order valence-electron chi connectivity index (χ3n) is 4.87. The van der Waals surface area contributed by atoms with E-state index in [0.717, 1.165) is 37.9 Å². The van der Waals surface area contributed by atoms with Crippen molar-refractivity contribution in [3.8, 4) is 0 Å². The van der Waals surface area contributed by atoms with Gasteiger partial charge in [-0.2, -0.15) is 0 Å². The average Bonchev–Trinajstić information content (AvgIpc) is 3.08. The molecule has 2 N–H and O–H groups in total. The first-order valence-corrected chi connectivity index (χ1v) is 9.20. The van der Waals surface area contributed by atoms with Gasteiger partial charge in [-0.25, -0.2) is 9.78 Å². The van der Waals surface area contributed by atoms with Crippen LogP contribution in [-0.2, 0) is 10.2 Å². The van der Waals surface area contributed by atoms with E-state index < -0.39 is 5.97 Å². The Bertz CT molecular complexity index is 788. The molecule has 3 rings (SSSR count). The zero-order chi connectivity index (χ0) is 19.3. The second-order valence-corrected chi connectivity index (χ2v) is 7.61. The maximum Gasteiger partial charge on any atom is 0.328 e. The third kappa shape index (κ3) is 5.37. The molecule has 1 aromatic heterocycles. The fourth-order valence-electron chi connectivity index (χ4n) is 3.50. The normalized spacial score (nSPS) is 18.1. The van der Waals surface area contributed by atoms with Gasteiger partial charge in [0, 0.05) is 37.2 Å². The molecule has 2 aromatic rings. The van der Waals surface area contributed by atoms with Crippen LogP contribution in [0, 0.1) is 0 Å². The molecule has 0 unspecified atom stereocenters. The number of benzene rings is 1. The van der Waals surface area contributed by atoms with E-state index >= 15 is 0 Å². The summed E-state index contributed by atoms with van der Waals surface area (Å²) in [6, 6.07) is 11.0. The van der Waals surface area contributed by atoms with Crippen molar-refractivity contribution in [2.24, 2.45) is 0 Å². The Kier molecular flexibility index (Phi) is 5.86. The fraction of sp³-hybridized carbons (Fsp3) is 0.381. The summed E-state index contributed by atoms with van der Waals surface area (Å²) in [5.74, 6) is -0.278. The Balaban J connectivity index is 1.53. The number of hydrogen-bond acceptors (Lipinski definition) is 5. The molecule has 27 heavy (non-hydrogen) atoms. The summed E-state index contributed by atoms with van der Waals surface area (Å²) in [5, 5.41) is 12.1. The van der Waals surface area contributed by atoms with E-state index in [1.54, 1.807) is 12.4 Å². The molecule has 1 saturated heterocycles. The number of anilines is 1.